The third kappa shape index (κ3) is 2.66. The number of nitrogens with two attached hydrogens (primary N) is 1. The predicted octanol–water partition coefficient (Wildman–Crippen LogP) is -0.619. The molecule has 0 unspecified atom stereocenters. The number of nitrogen functional groups attached to an aromatic ring is 1. The van der Waals surface area contributed by atoms with Gasteiger partial charge in [0, 0.05) is 7.05 Å². The Kier molecular flexibility index (Phi) is 4.17. The molecule has 0 saturated carbocycles. The highest BCUT2D eigenvalue weighted by Crippen LogP contribution is 2.14. The van der Waals surface area contributed by atoms with E-state index in [1.54, 1.807) is 7.05 Å². The Hall–Kier alpha value is -1.71. The molecule has 1 rings (SSSR count). The van der Waals surface area contributed by atoms with E-state index in [0.717, 1.165) is 5.23 Å². The van der Waals surface area contributed by atoms with Crippen LogP contribution in [0.5, 0.6) is 0 Å². The van der Waals surface area contributed by atoms with Crippen molar-refractivity contribution >= 4 is 17.8 Å². The van der Waals surface area contributed by atoms with E-state index >= 15 is 0 Å². The van der Waals surface area contributed by atoms with Gasteiger partial charge in [-0.05, 0) is 0 Å². The average molecular weight is 230 g/mol. The Morgan fingerprint density at radius 1 is 0.938 bits per heavy atom. The summed E-state index contributed by atoms with van der Waals surface area (Å²) in [5.74, 6) is 0.392. The second-order valence-corrected chi connectivity index (χ2v) is 2.60. The van der Waals surface area contributed by atoms with Crippen molar-refractivity contribution in [2.24, 2.45) is 0 Å². The van der Waals surface area contributed by atoms with Crippen molar-refractivity contribution in [1.29, 1.82) is 0 Å². The molecule has 0 aromatic carbocycles. The number of nitrogens with zero attached hydrogens (tertiary/aromatic N) is 5. The normalized spacial score (nSPS) is 10.2. The number of rotatable bonds is 5. The molecule has 0 atom stereocenters. The van der Waals surface area contributed by atoms with E-state index in [2.05, 4.69) is 15.0 Å². The minimum atomic E-state index is 0.0306. The van der Waals surface area contributed by atoms with E-state index in [0.29, 0.717) is 0 Å². The zero-order valence-electron chi connectivity index (χ0n) is 9.54. The smallest absolute Gasteiger partial charge is 0.284 e. The van der Waals surface area contributed by atoms with E-state index in [9.17, 15) is 0 Å². The SMILES string of the molecule is CON(C)c1nc(N)nc(N(OC)OC)n1. The van der Waals surface area contributed by atoms with Crippen molar-refractivity contribution in [3.05, 3.63) is 0 Å². The molecule has 0 fully saturated rings. The first kappa shape index (κ1) is 12.4. The van der Waals surface area contributed by atoms with Gasteiger partial charge in [-0.1, -0.05) is 5.23 Å². The summed E-state index contributed by atoms with van der Waals surface area (Å²) < 4.78 is 0. The van der Waals surface area contributed by atoms with E-state index < -0.39 is 0 Å². The van der Waals surface area contributed by atoms with Gasteiger partial charge < -0.3 is 5.73 Å². The third-order valence-corrected chi connectivity index (χ3v) is 1.68. The number of anilines is 3. The molecule has 0 spiro atoms. The van der Waals surface area contributed by atoms with Gasteiger partial charge in [-0.15, -0.1) is 0 Å². The van der Waals surface area contributed by atoms with Gasteiger partial charge in [-0.2, -0.15) is 15.0 Å². The van der Waals surface area contributed by atoms with Crippen LogP contribution >= 0.6 is 0 Å². The molecule has 9 heteroatoms. The summed E-state index contributed by atoms with van der Waals surface area (Å²) in [6.07, 6.45) is 0. The summed E-state index contributed by atoms with van der Waals surface area (Å²) in [5.41, 5.74) is 5.52. The lowest BCUT2D eigenvalue weighted by molar-refractivity contribution is -0.0471. The van der Waals surface area contributed by atoms with Crippen LogP contribution in [0.1, 0.15) is 0 Å². The van der Waals surface area contributed by atoms with Gasteiger partial charge in [0.25, 0.3) is 11.9 Å². The predicted molar refractivity (Wildman–Crippen MR) is 56.1 cm³/mol. The summed E-state index contributed by atoms with van der Waals surface area (Å²) >= 11 is 0. The van der Waals surface area contributed by atoms with Gasteiger partial charge in [0.2, 0.25) is 5.95 Å². The molecule has 1 heterocycles. The Labute approximate surface area is 92.6 Å². The van der Waals surface area contributed by atoms with Gasteiger partial charge in [0.05, 0.1) is 21.3 Å². The number of hydroxylamine groups is 1. The molecule has 0 amide bonds. The second kappa shape index (κ2) is 5.39. The Morgan fingerprint density at radius 3 is 2.00 bits per heavy atom. The van der Waals surface area contributed by atoms with Crippen LogP contribution in [-0.2, 0) is 14.5 Å². The Morgan fingerprint density at radius 2 is 1.50 bits per heavy atom. The average Bonchev–Trinajstić information content (AvgIpc) is 2.29. The van der Waals surface area contributed by atoms with Crippen LogP contribution in [0, 0.1) is 0 Å². The molecule has 90 valence electrons. The zero-order valence-corrected chi connectivity index (χ0v) is 9.54. The number of hydrogen-bond donors (Lipinski definition) is 1. The summed E-state index contributed by atoms with van der Waals surface area (Å²) in [6.45, 7) is 0. The molecule has 9 nitrogen and oxygen atoms in total. The van der Waals surface area contributed by atoms with E-state index in [-0.39, 0.29) is 17.8 Å². The molecule has 0 aliphatic rings. The lowest BCUT2D eigenvalue weighted by atomic mass is 10.8. The maximum Gasteiger partial charge on any atom is 0.284 e. The molecule has 0 bridgehead atoms. The molecular weight excluding hydrogens is 216 g/mol. The highest BCUT2D eigenvalue weighted by Gasteiger charge is 2.14. The molecule has 0 saturated heterocycles. The van der Waals surface area contributed by atoms with E-state index in [4.69, 9.17) is 20.2 Å². The molecule has 1 aromatic rings. The van der Waals surface area contributed by atoms with E-state index in [1.165, 1.54) is 26.4 Å². The molecule has 0 radical (unpaired) electrons. The van der Waals surface area contributed by atoms with Crippen LogP contribution in [0.4, 0.5) is 17.8 Å². The van der Waals surface area contributed by atoms with Crippen molar-refractivity contribution in [3.8, 4) is 0 Å². The van der Waals surface area contributed by atoms with Crippen LogP contribution in [0.3, 0.4) is 0 Å². The largest absolute Gasteiger partial charge is 0.368 e. The highest BCUT2D eigenvalue weighted by molar-refractivity contribution is 5.38. The van der Waals surface area contributed by atoms with Gasteiger partial charge in [0.1, 0.15) is 0 Å². The fourth-order valence-electron chi connectivity index (χ4n) is 0.911. The molecule has 0 aliphatic carbocycles. The molecular formula is C7H14N6O3. The minimum absolute atomic E-state index is 0.0306. The standard InChI is InChI=1S/C7H14N6O3/c1-12(14-2)6-9-5(8)10-7(11-6)13(15-3)16-4/h1-4H3,(H2,8,9,10,11). The molecule has 16 heavy (non-hydrogen) atoms. The monoisotopic (exact) mass is 230 g/mol. The maximum absolute atomic E-state index is 5.52. The van der Waals surface area contributed by atoms with E-state index in [1.807, 2.05) is 0 Å². The van der Waals surface area contributed by atoms with Crippen molar-refractivity contribution in [3.63, 3.8) is 0 Å². The lowest BCUT2D eigenvalue weighted by Crippen LogP contribution is -2.25. The maximum atomic E-state index is 5.52. The molecule has 2 N–H and O–H groups in total. The zero-order chi connectivity index (χ0) is 12.1. The first-order valence-corrected chi connectivity index (χ1v) is 4.30. The summed E-state index contributed by atoms with van der Waals surface area (Å²) in [5, 5.41) is 2.32. The highest BCUT2D eigenvalue weighted by atomic mass is 16.9. The fraction of sp³-hybridized carbons (Fsp3) is 0.571. The van der Waals surface area contributed by atoms with Gasteiger partial charge in [0.15, 0.2) is 0 Å². The van der Waals surface area contributed by atoms with Crippen LogP contribution in [-0.4, -0.2) is 43.3 Å². The summed E-state index contributed by atoms with van der Waals surface area (Å²) in [4.78, 5) is 26.4. The summed E-state index contributed by atoms with van der Waals surface area (Å²) in [7, 11) is 5.92. The quantitative estimate of drug-likeness (QED) is 0.663. The van der Waals surface area contributed by atoms with Crippen LogP contribution < -0.4 is 16.0 Å². The van der Waals surface area contributed by atoms with Crippen molar-refractivity contribution in [2.45, 2.75) is 0 Å². The molecule has 1 aromatic heterocycles. The summed E-state index contributed by atoms with van der Waals surface area (Å²) in [6, 6.07) is 0. The lowest BCUT2D eigenvalue weighted by Gasteiger charge is -2.18. The first-order chi connectivity index (χ1) is 7.62. The van der Waals surface area contributed by atoms with Crippen LogP contribution in [0.2, 0.25) is 0 Å². The molecule has 0 aliphatic heterocycles. The number of hydrogen-bond acceptors (Lipinski definition) is 9. The van der Waals surface area contributed by atoms with Crippen molar-refractivity contribution in [2.75, 3.05) is 44.4 Å². The Balaban J connectivity index is 3.06. The topological polar surface area (TPSA) is 98.9 Å². The third-order valence-electron chi connectivity index (χ3n) is 1.68. The first-order valence-electron chi connectivity index (χ1n) is 4.30. The van der Waals surface area contributed by atoms with Crippen molar-refractivity contribution in [1.82, 2.24) is 15.0 Å². The van der Waals surface area contributed by atoms with Crippen molar-refractivity contribution < 1.29 is 14.5 Å². The minimum Gasteiger partial charge on any atom is -0.368 e. The number of aromatic nitrogens is 3. The van der Waals surface area contributed by atoms with Gasteiger partial charge in [-0.3, -0.25) is 4.84 Å². The van der Waals surface area contributed by atoms with Crippen LogP contribution in [0.15, 0.2) is 0 Å². The Bertz CT molecular complexity index is 345. The van der Waals surface area contributed by atoms with Gasteiger partial charge in [-0.25, -0.2) is 14.7 Å². The fourth-order valence-corrected chi connectivity index (χ4v) is 0.911. The van der Waals surface area contributed by atoms with Gasteiger partial charge >= 0.3 is 0 Å². The van der Waals surface area contributed by atoms with Crippen LogP contribution in [0.25, 0.3) is 0 Å². The second-order valence-electron chi connectivity index (χ2n) is 2.60.